The number of carbonyl (C=O) groups excluding carboxylic acids is 1. The van der Waals surface area contributed by atoms with Crippen LogP contribution >= 0.6 is 0 Å². The van der Waals surface area contributed by atoms with Gasteiger partial charge >= 0.3 is 0 Å². The fourth-order valence-electron chi connectivity index (χ4n) is 1.86. The predicted octanol–water partition coefficient (Wildman–Crippen LogP) is 1.35. The first-order valence-electron chi connectivity index (χ1n) is 4.39. The van der Waals surface area contributed by atoms with Crippen LogP contribution in [0.4, 0.5) is 0 Å². The van der Waals surface area contributed by atoms with E-state index in [9.17, 15) is 4.79 Å². The van der Waals surface area contributed by atoms with Gasteiger partial charge in [0.2, 0.25) is 5.91 Å². The maximum Gasteiger partial charge on any atom is 0.229 e. The van der Waals surface area contributed by atoms with Gasteiger partial charge in [0.1, 0.15) is 0 Å². The molecule has 0 aromatic rings. The van der Waals surface area contributed by atoms with E-state index in [2.05, 4.69) is 18.2 Å². The Hall–Kier alpha value is -1.05. The molecule has 2 nitrogen and oxygen atoms in total. The topological polar surface area (TPSA) is 20.3 Å². The van der Waals surface area contributed by atoms with Crippen LogP contribution in [0.5, 0.6) is 0 Å². The monoisotopic (exact) mass is 163 g/mol. The van der Waals surface area contributed by atoms with Crippen molar-refractivity contribution < 1.29 is 4.79 Å². The normalized spacial score (nSPS) is 28.4. The van der Waals surface area contributed by atoms with Crippen molar-refractivity contribution in [1.29, 1.82) is 0 Å². The van der Waals surface area contributed by atoms with Crippen LogP contribution in [0.15, 0.2) is 23.8 Å². The van der Waals surface area contributed by atoms with Crippen molar-refractivity contribution in [2.45, 2.75) is 12.8 Å². The van der Waals surface area contributed by atoms with Crippen LogP contribution < -0.4 is 0 Å². The molecule has 2 heteroatoms. The van der Waals surface area contributed by atoms with E-state index in [0.717, 1.165) is 19.4 Å². The zero-order chi connectivity index (χ0) is 8.55. The number of amides is 1. The lowest BCUT2D eigenvalue weighted by Crippen LogP contribution is -2.39. The summed E-state index contributed by atoms with van der Waals surface area (Å²) in [6.07, 6.45) is 8.18. The molecular formula is C10H13NO. The number of hydrogen-bond donors (Lipinski definition) is 0. The van der Waals surface area contributed by atoms with E-state index in [1.165, 1.54) is 5.57 Å². The summed E-state index contributed by atoms with van der Waals surface area (Å²) in [4.78, 5) is 13.4. The second-order valence-corrected chi connectivity index (χ2v) is 3.47. The fourth-order valence-corrected chi connectivity index (χ4v) is 1.86. The van der Waals surface area contributed by atoms with E-state index in [1.807, 2.05) is 11.9 Å². The van der Waals surface area contributed by atoms with Gasteiger partial charge in [-0.05, 0) is 12.8 Å². The SMILES string of the molecule is CN1CCC2=CC=CCC2C1=O. The van der Waals surface area contributed by atoms with Crippen molar-refractivity contribution in [2.75, 3.05) is 13.6 Å². The molecule has 1 amide bonds. The quantitative estimate of drug-likeness (QED) is 0.528. The highest BCUT2D eigenvalue weighted by molar-refractivity contribution is 5.83. The van der Waals surface area contributed by atoms with Crippen LogP contribution in [0.25, 0.3) is 0 Å². The summed E-state index contributed by atoms with van der Waals surface area (Å²) in [6.45, 7) is 0.884. The predicted molar refractivity (Wildman–Crippen MR) is 47.6 cm³/mol. The van der Waals surface area contributed by atoms with Crippen LogP contribution in [0.2, 0.25) is 0 Å². The van der Waals surface area contributed by atoms with Crippen LogP contribution in [0, 0.1) is 5.92 Å². The summed E-state index contributed by atoms with van der Waals surface area (Å²) in [5.74, 6) is 0.450. The van der Waals surface area contributed by atoms with Gasteiger partial charge in [0, 0.05) is 13.6 Å². The van der Waals surface area contributed by atoms with Gasteiger partial charge in [0.25, 0.3) is 0 Å². The lowest BCUT2D eigenvalue weighted by atomic mass is 9.85. The largest absolute Gasteiger partial charge is 0.345 e. The fraction of sp³-hybridized carbons (Fsp3) is 0.500. The molecule has 2 rings (SSSR count). The molecule has 0 aromatic heterocycles. The molecule has 12 heavy (non-hydrogen) atoms. The van der Waals surface area contributed by atoms with E-state index >= 15 is 0 Å². The summed E-state index contributed by atoms with van der Waals surface area (Å²) in [6, 6.07) is 0. The Morgan fingerprint density at radius 1 is 1.58 bits per heavy atom. The lowest BCUT2D eigenvalue weighted by molar-refractivity contribution is -0.134. The molecule has 0 bridgehead atoms. The number of likely N-dealkylation sites (tertiary alicyclic amines) is 1. The zero-order valence-corrected chi connectivity index (χ0v) is 7.29. The summed E-state index contributed by atoms with van der Waals surface area (Å²) in [7, 11) is 1.89. The lowest BCUT2D eigenvalue weighted by Gasteiger charge is -2.32. The van der Waals surface area contributed by atoms with E-state index in [0.29, 0.717) is 0 Å². The molecule has 0 spiro atoms. The molecule has 1 heterocycles. The van der Waals surface area contributed by atoms with Gasteiger partial charge in [-0.3, -0.25) is 4.79 Å². The van der Waals surface area contributed by atoms with E-state index < -0.39 is 0 Å². The van der Waals surface area contributed by atoms with Crippen molar-refractivity contribution in [3.8, 4) is 0 Å². The molecule has 1 atom stereocenters. The molecule has 1 unspecified atom stereocenters. The smallest absolute Gasteiger partial charge is 0.229 e. The highest BCUT2D eigenvalue weighted by Crippen LogP contribution is 2.28. The molecule has 1 aliphatic heterocycles. The average molecular weight is 163 g/mol. The minimum atomic E-state index is 0.161. The van der Waals surface area contributed by atoms with Gasteiger partial charge < -0.3 is 4.90 Å². The second kappa shape index (κ2) is 2.77. The number of carbonyl (C=O) groups is 1. The average Bonchev–Trinajstić information content (AvgIpc) is 2.12. The van der Waals surface area contributed by atoms with Gasteiger partial charge in [-0.2, -0.15) is 0 Å². The third kappa shape index (κ3) is 1.07. The molecule has 64 valence electrons. The van der Waals surface area contributed by atoms with E-state index in [1.54, 1.807) is 0 Å². The van der Waals surface area contributed by atoms with Crippen LogP contribution in [-0.2, 0) is 4.79 Å². The van der Waals surface area contributed by atoms with Gasteiger partial charge in [0.05, 0.1) is 5.92 Å². The van der Waals surface area contributed by atoms with Crippen molar-refractivity contribution in [1.82, 2.24) is 4.90 Å². The number of rotatable bonds is 0. The minimum Gasteiger partial charge on any atom is -0.345 e. The Morgan fingerprint density at radius 3 is 3.25 bits per heavy atom. The Balaban J connectivity index is 2.24. The Labute approximate surface area is 72.6 Å². The summed E-state index contributed by atoms with van der Waals surface area (Å²) < 4.78 is 0. The maximum absolute atomic E-state index is 11.6. The molecule has 1 aliphatic carbocycles. The molecular weight excluding hydrogens is 150 g/mol. The molecule has 0 radical (unpaired) electrons. The standard InChI is InChI=1S/C10H13NO/c1-11-7-6-8-4-2-3-5-9(8)10(11)12/h2-4,9H,5-7H2,1H3. The van der Waals surface area contributed by atoms with Gasteiger partial charge in [-0.1, -0.05) is 23.8 Å². The zero-order valence-electron chi connectivity index (χ0n) is 7.29. The van der Waals surface area contributed by atoms with Gasteiger partial charge in [0.15, 0.2) is 0 Å². The molecule has 0 saturated carbocycles. The number of allylic oxidation sites excluding steroid dienone is 3. The van der Waals surface area contributed by atoms with Crippen molar-refractivity contribution >= 4 is 5.91 Å². The number of piperidine rings is 1. The van der Waals surface area contributed by atoms with Crippen LogP contribution in [0.3, 0.4) is 0 Å². The number of fused-ring (bicyclic) bond motifs is 1. The highest BCUT2D eigenvalue weighted by Gasteiger charge is 2.29. The Bertz CT molecular complexity index is 265. The highest BCUT2D eigenvalue weighted by atomic mass is 16.2. The van der Waals surface area contributed by atoms with E-state index in [4.69, 9.17) is 0 Å². The third-order valence-electron chi connectivity index (χ3n) is 2.68. The number of nitrogens with zero attached hydrogens (tertiary/aromatic N) is 1. The van der Waals surface area contributed by atoms with Crippen LogP contribution in [-0.4, -0.2) is 24.4 Å². The summed E-state index contributed by atoms with van der Waals surface area (Å²) >= 11 is 0. The van der Waals surface area contributed by atoms with Crippen molar-refractivity contribution in [3.05, 3.63) is 23.8 Å². The Morgan fingerprint density at radius 2 is 2.42 bits per heavy atom. The molecule has 0 aromatic carbocycles. The van der Waals surface area contributed by atoms with Gasteiger partial charge in [-0.15, -0.1) is 0 Å². The first kappa shape index (κ1) is 7.59. The minimum absolute atomic E-state index is 0.161. The summed E-state index contributed by atoms with van der Waals surface area (Å²) in [5.41, 5.74) is 1.32. The second-order valence-electron chi connectivity index (χ2n) is 3.47. The third-order valence-corrected chi connectivity index (χ3v) is 2.68. The van der Waals surface area contributed by atoms with Crippen molar-refractivity contribution in [3.63, 3.8) is 0 Å². The van der Waals surface area contributed by atoms with Crippen molar-refractivity contribution in [2.24, 2.45) is 5.92 Å². The summed E-state index contributed by atoms with van der Waals surface area (Å²) in [5, 5.41) is 0. The first-order valence-corrected chi connectivity index (χ1v) is 4.39. The molecule has 2 aliphatic rings. The first-order chi connectivity index (χ1) is 5.79. The van der Waals surface area contributed by atoms with Gasteiger partial charge in [-0.25, -0.2) is 0 Å². The van der Waals surface area contributed by atoms with Crippen LogP contribution in [0.1, 0.15) is 12.8 Å². The molecule has 1 fully saturated rings. The molecule has 0 N–H and O–H groups in total. The molecule has 1 saturated heterocycles. The maximum atomic E-state index is 11.6. The Kier molecular flexibility index (Phi) is 1.75. The number of hydrogen-bond acceptors (Lipinski definition) is 1. The van der Waals surface area contributed by atoms with E-state index in [-0.39, 0.29) is 11.8 Å².